The van der Waals surface area contributed by atoms with Gasteiger partial charge in [0, 0.05) is 6.07 Å². The van der Waals surface area contributed by atoms with Crippen LogP contribution < -0.4 is 5.32 Å². The fourth-order valence-corrected chi connectivity index (χ4v) is 2.44. The molecule has 2 heterocycles. The summed E-state index contributed by atoms with van der Waals surface area (Å²) in [6, 6.07) is 12.5. The molecule has 116 valence electrons. The average Bonchev–Trinajstić information content (AvgIpc) is 2.92. The number of hydrogen-bond acceptors (Lipinski definition) is 4. The molecule has 0 aliphatic heterocycles. The molecule has 3 aromatic rings. The smallest absolute Gasteiger partial charge is 0.275 e. The van der Waals surface area contributed by atoms with Crippen molar-refractivity contribution in [1.82, 2.24) is 20.0 Å². The highest BCUT2D eigenvalue weighted by Gasteiger charge is 2.16. The van der Waals surface area contributed by atoms with Gasteiger partial charge in [-0.05, 0) is 47.1 Å². The van der Waals surface area contributed by atoms with E-state index in [2.05, 4.69) is 36.5 Å². The molecule has 23 heavy (non-hydrogen) atoms. The average molecular weight is 393 g/mol. The number of aromatic nitrogens is 4. The van der Waals surface area contributed by atoms with E-state index in [0.29, 0.717) is 16.1 Å². The van der Waals surface area contributed by atoms with Gasteiger partial charge in [0.2, 0.25) is 0 Å². The molecule has 2 aromatic heterocycles. The van der Waals surface area contributed by atoms with Crippen molar-refractivity contribution in [2.24, 2.45) is 0 Å². The number of carbonyl (C=O) groups excluding carboxylic acids is 1. The van der Waals surface area contributed by atoms with Crippen LogP contribution in [-0.2, 0) is 0 Å². The molecular weight excluding hydrogens is 382 g/mol. The van der Waals surface area contributed by atoms with E-state index in [0.717, 1.165) is 11.3 Å². The molecule has 0 radical (unpaired) electrons. The van der Waals surface area contributed by atoms with Crippen molar-refractivity contribution in [3.8, 4) is 5.69 Å². The lowest BCUT2D eigenvalue weighted by Gasteiger charge is -2.08. The summed E-state index contributed by atoms with van der Waals surface area (Å²) < 4.78 is 2.12. The molecule has 0 unspecified atom stereocenters. The zero-order chi connectivity index (χ0) is 16.4. The SMILES string of the molecule is Cc1ccc(-n2nc(Br)cc2C(=O)Nc2ccc(Cl)nn2)cc1. The molecule has 0 saturated carbocycles. The molecular formula is C15H11BrClN5O. The minimum absolute atomic E-state index is 0.260. The zero-order valence-electron chi connectivity index (χ0n) is 12.0. The quantitative estimate of drug-likeness (QED) is 0.738. The maximum atomic E-state index is 12.5. The van der Waals surface area contributed by atoms with Crippen LogP contribution in [0.25, 0.3) is 5.69 Å². The number of nitrogens with zero attached hydrogens (tertiary/aromatic N) is 4. The minimum Gasteiger partial charge on any atom is -0.304 e. The minimum atomic E-state index is -0.347. The van der Waals surface area contributed by atoms with Crippen molar-refractivity contribution in [1.29, 1.82) is 0 Å². The predicted molar refractivity (Wildman–Crippen MR) is 91.0 cm³/mol. The summed E-state index contributed by atoms with van der Waals surface area (Å²) in [5, 5.41) is 14.7. The molecule has 0 aliphatic carbocycles. The molecule has 0 saturated heterocycles. The molecule has 8 heteroatoms. The molecule has 6 nitrogen and oxygen atoms in total. The fraction of sp³-hybridized carbons (Fsp3) is 0.0667. The van der Waals surface area contributed by atoms with E-state index < -0.39 is 0 Å². The van der Waals surface area contributed by atoms with Crippen LogP contribution in [-0.4, -0.2) is 25.9 Å². The van der Waals surface area contributed by atoms with Crippen LogP contribution >= 0.6 is 27.5 Å². The van der Waals surface area contributed by atoms with Gasteiger partial charge in [-0.2, -0.15) is 5.10 Å². The second kappa shape index (κ2) is 6.47. The van der Waals surface area contributed by atoms with Crippen molar-refractivity contribution in [2.45, 2.75) is 6.92 Å². The van der Waals surface area contributed by atoms with Crippen LogP contribution in [0.1, 0.15) is 16.1 Å². The molecule has 1 N–H and O–H groups in total. The Morgan fingerprint density at radius 3 is 2.57 bits per heavy atom. The lowest BCUT2D eigenvalue weighted by molar-refractivity contribution is 0.101. The van der Waals surface area contributed by atoms with E-state index in [9.17, 15) is 4.79 Å². The first kappa shape index (κ1) is 15.6. The highest BCUT2D eigenvalue weighted by molar-refractivity contribution is 9.10. The van der Waals surface area contributed by atoms with E-state index >= 15 is 0 Å². The van der Waals surface area contributed by atoms with Gasteiger partial charge in [-0.1, -0.05) is 29.3 Å². The Kier molecular flexibility index (Phi) is 4.40. The van der Waals surface area contributed by atoms with Crippen molar-refractivity contribution in [3.63, 3.8) is 0 Å². The normalized spacial score (nSPS) is 10.6. The molecule has 0 bridgehead atoms. The largest absolute Gasteiger partial charge is 0.304 e. The van der Waals surface area contributed by atoms with Crippen LogP contribution in [0.15, 0.2) is 47.1 Å². The summed E-state index contributed by atoms with van der Waals surface area (Å²) in [4.78, 5) is 12.5. The Morgan fingerprint density at radius 2 is 1.91 bits per heavy atom. The standard InChI is InChI=1S/C15H11BrClN5O/c1-9-2-4-10(5-3-9)22-11(8-12(16)21-22)15(23)18-14-7-6-13(17)19-20-14/h2-8H,1H3,(H,18,20,23). The second-order valence-electron chi connectivity index (χ2n) is 4.80. The number of benzene rings is 1. The fourth-order valence-electron chi connectivity index (χ4n) is 1.96. The van der Waals surface area contributed by atoms with Gasteiger partial charge in [-0.25, -0.2) is 4.68 Å². The number of carbonyl (C=O) groups is 1. The predicted octanol–water partition coefficient (Wildman–Crippen LogP) is 3.64. The van der Waals surface area contributed by atoms with Crippen molar-refractivity contribution in [2.75, 3.05) is 5.32 Å². The highest BCUT2D eigenvalue weighted by atomic mass is 79.9. The Hall–Kier alpha value is -2.25. The molecule has 0 atom stereocenters. The molecule has 1 aromatic carbocycles. The van der Waals surface area contributed by atoms with E-state index in [-0.39, 0.29) is 11.1 Å². The Balaban J connectivity index is 1.91. The van der Waals surface area contributed by atoms with Gasteiger partial charge in [-0.3, -0.25) is 4.79 Å². The molecule has 1 amide bonds. The Bertz CT molecular complexity index is 845. The number of nitrogens with one attached hydrogen (secondary N) is 1. The van der Waals surface area contributed by atoms with Crippen LogP contribution in [0, 0.1) is 6.92 Å². The lowest BCUT2D eigenvalue weighted by atomic mass is 10.2. The number of rotatable bonds is 3. The van der Waals surface area contributed by atoms with Crippen molar-refractivity contribution in [3.05, 3.63) is 63.5 Å². The summed E-state index contributed by atoms with van der Waals surface area (Å²) in [5.41, 5.74) is 2.29. The Labute approximate surface area is 145 Å². The first-order valence-electron chi connectivity index (χ1n) is 6.66. The van der Waals surface area contributed by atoms with E-state index in [4.69, 9.17) is 11.6 Å². The highest BCUT2D eigenvalue weighted by Crippen LogP contribution is 2.18. The van der Waals surface area contributed by atoms with Gasteiger partial charge < -0.3 is 5.32 Å². The van der Waals surface area contributed by atoms with Crippen LogP contribution in [0.3, 0.4) is 0 Å². The number of anilines is 1. The summed E-state index contributed by atoms with van der Waals surface area (Å²) in [6.45, 7) is 2.00. The monoisotopic (exact) mass is 391 g/mol. The summed E-state index contributed by atoms with van der Waals surface area (Å²) in [6.07, 6.45) is 0. The molecule has 3 rings (SSSR count). The third-order valence-corrected chi connectivity index (χ3v) is 3.65. The summed E-state index contributed by atoms with van der Waals surface area (Å²) in [5.74, 6) is -0.0347. The number of halogens is 2. The van der Waals surface area contributed by atoms with E-state index in [1.165, 1.54) is 0 Å². The van der Waals surface area contributed by atoms with Gasteiger partial charge in [-0.15, -0.1) is 10.2 Å². The third-order valence-electron chi connectivity index (χ3n) is 3.06. The number of hydrogen-bond donors (Lipinski definition) is 1. The molecule has 0 fully saturated rings. The first-order chi connectivity index (χ1) is 11.0. The lowest BCUT2D eigenvalue weighted by Crippen LogP contribution is -2.17. The molecule has 0 spiro atoms. The van der Waals surface area contributed by atoms with Crippen LogP contribution in [0.4, 0.5) is 5.82 Å². The van der Waals surface area contributed by atoms with Crippen LogP contribution in [0.5, 0.6) is 0 Å². The second-order valence-corrected chi connectivity index (χ2v) is 5.99. The topological polar surface area (TPSA) is 72.7 Å². The number of aryl methyl sites for hydroxylation is 1. The van der Waals surface area contributed by atoms with Gasteiger partial charge in [0.25, 0.3) is 5.91 Å². The van der Waals surface area contributed by atoms with Crippen molar-refractivity contribution >= 4 is 39.3 Å². The van der Waals surface area contributed by atoms with Gasteiger partial charge in [0.15, 0.2) is 11.0 Å². The summed E-state index contributed by atoms with van der Waals surface area (Å²) >= 11 is 8.98. The maximum Gasteiger partial charge on any atom is 0.275 e. The van der Waals surface area contributed by atoms with Gasteiger partial charge >= 0.3 is 0 Å². The molecule has 0 aliphatic rings. The maximum absolute atomic E-state index is 12.5. The van der Waals surface area contributed by atoms with E-state index in [1.54, 1.807) is 22.9 Å². The van der Waals surface area contributed by atoms with Gasteiger partial charge in [0.1, 0.15) is 10.3 Å². The Morgan fingerprint density at radius 1 is 1.17 bits per heavy atom. The number of amides is 1. The summed E-state index contributed by atoms with van der Waals surface area (Å²) in [7, 11) is 0. The first-order valence-corrected chi connectivity index (χ1v) is 7.83. The van der Waals surface area contributed by atoms with Gasteiger partial charge in [0.05, 0.1) is 5.69 Å². The third kappa shape index (κ3) is 3.57. The van der Waals surface area contributed by atoms with Crippen LogP contribution in [0.2, 0.25) is 5.15 Å². The van der Waals surface area contributed by atoms with Crippen molar-refractivity contribution < 1.29 is 4.79 Å². The van der Waals surface area contributed by atoms with E-state index in [1.807, 2.05) is 31.2 Å². The zero-order valence-corrected chi connectivity index (χ0v) is 14.3.